The predicted octanol–water partition coefficient (Wildman–Crippen LogP) is 2.64. The summed E-state index contributed by atoms with van der Waals surface area (Å²) in [5.74, 6) is 0.918. The van der Waals surface area contributed by atoms with Crippen molar-refractivity contribution in [3.63, 3.8) is 0 Å². The second-order valence-corrected chi connectivity index (χ2v) is 9.26. The van der Waals surface area contributed by atoms with Crippen molar-refractivity contribution in [3.8, 4) is 5.75 Å². The SMILES string of the molecule is CCCCCCc1cccc(CCCCCC)c1OCCC(C)S(=O)(=O)[O-].[Na+]. The summed E-state index contributed by atoms with van der Waals surface area (Å²) in [7, 11) is -4.25. The standard InChI is InChI=1S/C22H38O4S.Na/c1-4-6-8-10-13-20-15-12-16-21(14-11-9-7-5-2)22(20)26-18-17-19(3)27(23,24)25;/h12,15-16,19H,4-11,13-14,17-18H2,1-3H3,(H,23,24,25);/q;+1/p-1. The summed E-state index contributed by atoms with van der Waals surface area (Å²) in [6, 6.07) is 6.33. The molecule has 0 bridgehead atoms. The number of ether oxygens (including phenoxy) is 1. The maximum absolute atomic E-state index is 11.1. The second-order valence-electron chi connectivity index (χ2n) is 7.47. The van der Waals surface area contributed by atoms with Crippen LogP contribution >= 0.6 is 0 Å². The number of unbranched alkanes of at least 4 members (excludes halogenated alkanes) is 6. The van der Waals surface area contributed by atoms with Gasteiger partial charge in [0.25, 0.3) is 0 Å². The van der Waals surface area contributed by atoms with Crippen LogP contribution in [0.3, 0.4) is 0 Å². The first-order valence-electron chi connectivity index (χ1n) is 10.6. The van der Waals surface area contributed by atoms with Crippen LogP contribution < -0.4 is 34.3 Å². The first kappa shape index (κ1) is 27.9. The van der Waals surface area contributed by atoms with E-state index >= 15 is 0 Å². The Kier molecular flexibility index (Phi) is 15.7. The molecule has 0 spiro atoms. The molecule has 0 saturated heterocycles. The molecule has 1 rings (SSSR count). The Morgan fingerprint density at radius 1 is 0.929 bits per heavy atom. The van der Waals surface area contributed by atoms with Crippen molar-refractivity contribution >= 4 is 10.1 Å². The van der Waals surface area contributed by atoms with Crippen LogP contribution in [-0.2, 0) is 23.0 Å². The van der Waals surface area contributed by atoms with E-state index < -0.39 is 15.4 Å². The molecule has 0 aliphatic rings. The first-order valence-corrected chi connectivity index (χ1v) is 12.1. The van der Waals surface area contributed by atoms with Gasteiger partial charge in [0, 0.05) is 5.25 Å². The monoisotopic (exact) mass is 420 g/mol. The van der Waals surface area contributed by atoms with Gasteiger partial charge in [-0.15, -0.1) is 0 Å². The summed E-state index contributed by atoms with van der Waals surface area (Å²) < 4.78 is 39.4. The van der Waals surface area contributed by atoms with Crippen molar-refractivity contribution in [2.75, 3.05) is 6.61 Å². The van der Waals surface area contributed by atoms with E-state index in [9.17, 15) is 13.0 Å². The van der Waals surface area contributed by atoms with Gasteiger partial charge in [-0.25, -0.2) is 8.42 Å². The van der Waals surface area contributed by atoms with Gasteiger partial charge in [-0.3, -0.25) is 0 Å². The zero-order valence-electron chi connectivity index (χ0n) is 18.3. The van der Waals surface area contributed by atoms with E-state index in [4.69, 9.17) is 4.74 Å². The Balaban J connectivity index is 0.00000729. The molecule has 0 N–H and O–H groups in total. The molecular weight excluding hydrogens is 383 g/mol. The van der Waals surface area contributed by atoms with Crippen LogP contribution in [0.25, 0.3) is 0 Å². The van der Waals surface area contributed by atoms with Crippen molar-refractivity contribution in [1.82, 2.24) is 0 Å². The third-order valence-electron chi connectivity index (χ3n) is 5.04. The molecule has 0 aliphatic carbocycles. The molecule has 0 saturated carbocycles. The average Bonchev–Trinajstić information content (AvgIpc) is 2.63. The van der Waals surface area contributed by atoms with Gasteiger partial charge in [0.2, 0.25) is 0 Å². The number of benzene rings is 1. The molecule has 0 fully saturated rings. The van der Waals surface area contributed by atoms with E-state index in [-0.39, 0.29) is 42.6 Å². The maximum atomic E-state index is 11.1. The molecule has 0 amide bonds. The Morgan fingerprint density at radius 2 is 1.43 bits per heavy atom. The molecule has 1 unspecified atom stereocenters. The Labute approximate surface area is 194 Å². The van der Waals surface area contributed by atoms with Gasteiger partial charge in [-0.2, -0.15) is 0 Å². The van der Waals surface area contributed by atoms with E-state index in [1.54, 1.807) is 0 Å². The van der Waals surface area contributed by atoms with Gasteiger partial charge in [0.05, 0.1) is 16.7 Å². The average molecular weight is 421 g/mol. The van der Waals surface area contributed by atoms with E-state index in [0.29, 0.717) is 0 Å². The Bertz CT molecular complexity index is 601. The number of hydrogen-bond acceptors (Lipinski definition) is 4. The van der Waals surface area contributed by atoms with Crippen molar-refractivity contribution in [3.05, 3.63) is 29.3 Å². The molecule has 6 heteroatoms. The number of rotatable bonds is 15. The normalized spacial score (nSPS) is 12.4. The molecule has 156 valence electrons. The van der Waals surface area contributed by atoms with E-state index in [0.717, 1.165) is 31.4 Å². The van der Waals surface area contributed by atoms with E-state index in [2.05, 4.69) is 32.0 Å². The molecule has 1 aromatic carbocycles. The number of aryl methyl sites for hydroxylation is 2. The van der Waals surface area contributed by atoms with Gasteiger partial charge in [-0.1, -0.05) is 70.6 Å². The minimum Gasteiger partial charge on any atom is -0.748 e. The largest absolute Gasteiger partial charge is 1.00 e. The van der Waals surface area contributed by atoms with E-state index in [1.165, 1.54) is 56.6 Å². The van der Waals surface area contributed by atoms with Crippen LogP contribution in [0.1, 0.15) is 89.7 Å². The summed E-state index contributed by atoms with van der Waals surface area (Å²) in [4.78, 5) is 0. The van der Waals surface area contributed by atoms with Gasteiger partial charge >= 0.3 is 29.6 Å². The zero-order chi connectivity index (χ0) is 20.1. The van der Waals surface area contributed by atoms with Gasteiger partial charge < -0.3 is 9.29 Å². The van der Waals surface area contributed by atoms with Crippen molar-refractivity contribution < 1.29 is 47.3 Å². The second kappa shape index (κ2) is 15.7. The maximum Gasteiger partial charge on any atom is 1.00 e. The molecule has 1 aromatic rings. The topological polar surface area (TPSA) is 66.4 Å². The fraction of sp³-hybridized carbons (Fsp3) is 0.727. The predicted molar refractivity (Wildman–Crippen MR) is 111 cm³/mol. The molecule has 0 aliphatic heterocycles. The molecule has 28 heavy (non-hydrogen) atoms. The molecule has 0 radical (unpaired) electrons. The third-order valence-corrected chi connectivity index (χ3v) is 6.26. The Morgan fingerprint density at radius 3 is 1.86 bits per heavy atom. The summed E-state index contributed by atoms with van der Waals surface area (Å²) in [6.45, 7) is 6.12. The number of hydrogen-bond donors (Lipinski definition) is 0. The van der Waals surface area contributed by atoms with Crippen LogP contribution in [0.2, 0.25) is 0 Å². The molecule has 1 atom stereocenters. The van der Waals surface area contributed by atoms with Crippen LogP contribution in [0.4, 0.5) is 0 Å². The molecule has 0 heterocycles. The van der Waals surface area contributed by atoms with Crippen LogP contribution in [0.15, 0.2) is 18.2 Å². The van der Waals surface area contributed by atoms with Crippen LogP contribution in [0.5, 0.6) is 5.75 Å². The summed E-state index contributed by atoms with van der Waals surface area (Å²) >= 11 is 0. The van der Waals surface area contributed by atoms with Crippen molar-refractivity contribution in [2.45, 2.75) is 96.7 Å². The minimum atomic E-state index is -4.25. The fourth-order valence-corrected chi connectivity index (χ4v) is 3.56. The molecular formula is C22H37NaO4S. The summed E-state index contributed by atoms with van der Waals surface area (Å²) in [5.41, 5.74) is 2.41. The van der Waals surface area contributed by atoms with Crippen LogP contribution in [0, 0.1) is 0 Å². The molecule has 4 nitrogen and oxygen atoms in total. The zero-order valence-corrected chi connectivity index (χ0v) is 21.2. The Hall–Kier alpha value is -0.0700. The number of para-hydroxylation sites is 1. The van der Waals surface area contributed by atoms with Gasteiger partial charge in [-0.05, 0) is 50.2 Å². The smallest absolute Gasteiger partial charge is 0.748 e. The van der Waals surface area contributed by atoms with Crippen molar-refractivity contribution in [1.29, 1.82) is 0 Å². The van der Waals surface area contributed by atoms with Gasteiger partial charge in [0.1, 0.15) is 5.75 Å². The first-order chi connectivity index (χ1) is 12.9. The summed E-state index contributed by atoms with van der Waals surface area (Å²) in [5, 5.41) is -0.915. The van der Waals surface area contributed by atoms with Crippen molar-refractivity contribution in [2.24, 2.45) is 0 Å². The molecule has 0 aromatic heterocycles. The van der Waals surface area contributed by atoms with E-state index in [1.807, 2.05) is 0 Å². The fourth-order valence-electron chi connectivity index (χ4n) is 3.17. The third kappa shape index (κ3) is 11.2. The quantitative estimate of drug-likeness (QED) is 0.249. The minimum absolute atomic E-state index is 0. The van der Waals surface area contributed by atoms with Crippen LogP contribution in [-0.4, -0.2) is 24.8 Å². The summed E-state index contributed by atoms with van der Waals surface area (Å²) in [6.07, 6.45) is 11.8. The van der Waals surface area contributed by atoms with Gasteiger partial charge in [0.15, 0.2) is 0 Å².